The Balaban J connectivity index is 1.51. The Morgan fingerprint density at radius 3 is 2.69 bits per heavy atom. The van der Waals surface area contributed by atoms with Crippen LogP contribution in [0, 0.1) is 0 Å². The quantitative estimate of drug-likeness (QED) is 0.789. The molecule has 1 aliphatic rings. The van der Waals surface area contributed by atoms with Crippen LogP contribution in [-0.4, -0.2) is 33.4 Å². The first-order valence-corrected chi connectivity index (χ1v) is 8.32. The second kappa shape index (κ2) is 6.44. The van der Waals surface area contributed by atoms with E-state index in [2.05, 4.69) is 15.5 Å². The van der Waals surface area contributed by atoms with E-state index in [0.29, 0.717) is 12.2 Å². The number of aromatic nitrogens is 3. The minimum absolute atomic E-state index is 0.0260. The molecule has 7 heteroatoms. The molecule has 0 bridgehead atoms. The Hall–Kier alpha value is -3.48. The molecule has 7 nitrogen and oxygen atoms in total. The molecular weight excluding hydrogens is 330 g/mol. The van der Waals surface area contributed by atoms with Crippen LogP contribution in [0.1, 0.15) is 23.0 Å². The van der Waals surface area contributed by atoms with E-state index in [1.807, 2.05) is 42.5 Å². The van der Waals surface area contributed by atoms with Gasteiger partial charge in [-0.3, -0.25) is 9.59 Å². The molecule has 2 aromatic carbocycles. The van der Waals surface area contributed by atoms with Crippen molar-refractivity contribution in [3.8, 4) is 5.69 Å². The van der Waals surface area contributed by atoms with Crippen molar-refractivity contribution in [3.05, 3.63) is 66.0 Å². The predicted octanol–water partition coefficient (Wildman–Crippen LogP) is 2.43. The summed E-state index contributed by atoms with van der Waals surface area (Å²) < 4.78 is 0. The highest BCUT2D eigenvalue weighted by Crippen LogP contribution is 2.30. The van der Waals surface area contributed by atoms with Crippen LogP contribution in [0.15, 0.2) is 54.7 Å². The van der Waals surface area contributed by atoms with Crippen molar-refractivity contribution in [1.82, 2.24) is 15.0 Å². The number of carbonyl (C=O) groups excluding carboxylic acids is 2. The molecule has 130 valence electrons. The molecule has 2 amide bonds. The number of hydrogen-bond donors (Lipinski definition) is 1. The van der Waals surface area contributed by atoms with Gasteiger partial charge in [-0.25, -0.2) is 0 Å². The zero-order chi connectivity index (χ0) is 18.1. The zero-order valence-electron chi connectivity index (χ0n) is 14.2. The first kappa shape index (κ1) is 16.0. The lowest BCUT2D eigenvalue weighted by Gasteiger charge is -2.14. The topological polar surface area (TPSA) is 80.1 Å². The third-order valence-electron chi connectivity index (χ3n) is 4.32. The second-order valence-corrected chi connectivity index (χ2v) is 6.07. The summed E-state index contributed by atoms with van der Waals surface area (Å²) in [6, 6.07) is 15.0. The molecule has 0 atom stereocenters. The lowest BCUT2D eigenvalue weighted by atomic mass is 10.1. The number of fused-ring (bicyclic) bond motifs is 1. The van der Waals surface area contributed by atoms with E-state index in [1.165, 1.54) is 11.0 Å². The normalized spacial score (nSPS) is 12.7. The van der Waals surface area contributed by atoms with Crippen LogP contribution in [0.3, 0.4) is 0 Å². The summed E-state index contributed by atoms with van der Waals surface area (Å²) >= 11 is 0. The van der Waals surface area contributed by atoms with E-state index < -0.39 is 0 Å². The summed E-state index contributed by atoms with van der Waals surface area (Å²) in [4.78, 5) is 27.2. The average molecular weight is 347 g/mol. The van der Waals surface area contributed by atoms with Crippen LogP contribution >= 0.6 is 0 Å². The monoisotopic (exact) mass is 347 g/mol. The molecule has 2 heterocycles. The van der Waals surface area contributed by atoms with Crippen molar-refractivity contribution in [2.24, 2.45) is 0 Å². The molecule has 0 radical (unpaired) electrons. The van der Waals surface area contributed by atoms with Gasteiger partial charge in [-0.05, 0) is 42.3 Å². The fourth-order valence-electron chi connectivity index (χ4n) is 3.05. The highest BCUT2D eigenvalue weighted by Gasteiger charge is 2.22. The van der Waals surface area contributed by atoms with Gasteiger partial charge in [0, 0.05) is 24.8 Å². The minimum atomic E-state index is -0.325. The largest absolute Gasteiger partial charge is 0.321 e. The summed E-state index contributed by atoms with van der Waals surface area (Å²) in [6.45, 7) is 2.23. The molecule has 0 spiro atoms. The summed E-state index contributed by atoms with van der Waals surface area (Å²) in [5, 5.41) is 11.2. The first-order valence-electron chi connectivity index (χ1n) is 8.32. The van der Waals surface area contributed by atoms with Crippen LogP contribution in [-0.2, 0) is 11.2 Å². The lowest BCUT2D eigenvalue weighted by Crippen LogP contribution is -2.25. The molecular formula is C19H17N5O2. The number of rotatable bonds is 3. The highest BCUT2D eigenvalue weighted by molar-refractivity contribution is 6.03. The summed E-state index contributed by atoms with van der Waals surface area (Å²) in [7, 11) is 0. The van der Waals surface area contributed by atoms with Crippen molar-refractivity contribution < 1.29 is 9.59 Å². The number of benzene rings is 2. The van der Waals surface area contributed by atoms with Crippen LogP contribution in [0.25, 0.3) is 5.69 Å². The van der Waals surface area contributed by atoms with Gasteiger partial charge in [0.2, 0.25) is 5.91 Å². The standard InChI is InChI=1S/C19H17N5O2/c1-13(25)23-10-9-14-11-15(7-8-18(14)23)21-19(26)17-12-20-24(22-17)16-5-3-2-4-6-16/h2-8,11-12H,9-10H2,1H3,(H,21,26). The van der Waals surface area contributed by atoms with E-state index in [0.717, 1.165) is 23.4 Å². The Morgan fingerprint density at radius 2 is 1.92 bits per heavy atom. The van der Waals surface area contributed by atoms with Gasteiger partial charge >= 0.3 is 0 Å². The highest BCUT2D eigenvalue weighted by atomic mass is 16.2. The maximum atomic E-state index is 12.4. The van der Waals surface area contributed by atoms with E-state index in [1.54, 1.807) is 17.9 Å². The van der Waals surface area contributed by atoms with Crippen molar-refractivity contribution in [2.75, 3.05) is 16.8 Å². The smallest absolute Gasteiger partial charge is 0.277 e. The number of para-hydroxylation sites is 1. The Kier molecular flexibility index (Phi) is 3.96. The Labute approximate surface area is 150 Å². The van der Waals surface area contributed by atoms with Crippen LogP contribution in [0.4, 0.5) is 11.4 Å². The third kappa shape index (κ3) is 2.95. The second-order valence-electron chi connectivity index (χ2n) is 6.07. The molecule has 0 unspecified atom stereocenters. The lowest BCUT2D eigenvalue weighted by molar-refractivity contribution is -0.116. The molecule has 0 aliphatic carbocycles. The molecule has 1 N–H and O–H groups in total. The number of nitrogens with one attached hydrogen (secondary N) is 1. The average Bonchev–Trinajstić information content (AvgIpc) is 3.29. The van der Waals surface area contributed by atoms with Gasteiger partial charge in [0.05, 0.1) is 11.9 Å². The molecule has 1 aliphatic heterocycles. The van der Waals surface area contributed by atoms with Gasteiger partial charge in [-0.1, -0.05) is 18.2 Å². The summed E-state index contributed by atoms with van der Waals surface area (Å²) in [5.74, 6) is -0.299. The van der Waals surface area contributed by atoms with Gasteiger partial charge in [0.15, 0.2) is 5.69 Å². The maximum Gasteiger partial charge on any atom is 0.277 e. The number of hydrogen-bond acceptors (Lipinski definition) is 4. The van der Waals surface area contributed by atoms with Crippen molar-refractivity contribution in [3.63, 3.8) is 0 Å². The van der Waals surface area contributed by atoms with Gasteiger partial charge in [0.1, 0.15) is 0 Å². The van der Waals surface area contributed by atoms with E-state index in [-0.39, 0.29) is 17.5 Å². The first-order chi connectivity index (χ1) is 12.6. The Morgan fingerprint density at radius 1 is 1.12 bits per heavy atom. The Bertz CT molecular complexity index is 981. The van der Waals surface area contributed by atoms with Gasteiger partial charge in [-0.2, -0.15) is 9.90 Å². The van der Waals surface area contributed by atoms with E-state index >= 15 is 0 Å². The number of anilines is 2. The van der Waals surface area contributed by atoms with Gasteiger partial charge in [0.25, 0.3) is 5.91 Å². The zero-order valence-corrected chi connectivity index (χ0v) is 14.2. The number of amides is 2. The van der Waals surface area contributed by atoms with E-state index in [9.17, 15) is 9.59 Å². The van der Waals surface area contributed by atoms with E-state index in [4.69, 9.17) is 0 Å². The molecule has 4 rings (SSSR count). The summed E-state index contributed by atoms with van der Waals surface area (Å²) in [5.41, 5.74) is 3.65. The van der Waals surface area contributed by atoms with Gasteiger partial charge in [-0.15, -0.1) is 5.10 Å². The van der Waals surface area contributed by atoms with Crippen molar-refractivity contribution in [2.45, 2.75) is 13.3 Å². The third-order valence-corrected chi connectivity index (χ3v) is 4.32. The number of carbonyl (C=O) groups is 2. The fourth-order valence-corrected chi connectivity index (χ4v) is 3.05. The molecule has 26 heavy (non-hydrogen) atoms. The van der Waals surface area contributed by atoms with Crippen LogP contribution < -0.4 is 10.2 Å². The van der Waals surface area contributed by atoms with Crippen molar-refractivity contribution in [1.29, 1.82) is 0 Å². The predicted molar refractivity (Wildman–Crippen MR) is 97.5 cm³/mol. The van der Waals surface area contributed by atoms with Crippen molar-refractivity contribution >= 4 is 23.2 Å². The number of nitrogens with zero attached hydrogens (tertiary/aromatic N) is 4. The minimum Gasteiger partial charge on any atom is -0.321 e. The molecule has 0 saturated carbocycles. The molecule has 1 aromatic heterocycles. The fraction of sp³-hybridized carbons (Fsp3) is 0.158. The summed E-state index contributed by atoms with van der Waals surface area (Å²) in [6.07, 6.45) is 2.22. The molecule has 3 aromatic rings. The molecule has 0 fully saturated rings. The maximum absolute atomic E-state index is 12.4. The van der Waals surface area contributed by atoms with Crippen LogP contribution in [0.2, 0.25) is 0 Å². The molecule has 0 saturated heterocycles. The van der Waals surface area contributed by atoms with Gasteiger partial charge < -0.3 is 10.2 Å². The van der Waals surface area contributed by atoms with Crippen LogP contribution in [0.5, 0.6) is 0 Å². The SMILES string of the molecule is CC(=O)N1CCc2cc(NC(=O)c3cnn(-c4ccccc4)n3)ccc21.